The second-order valence-corrected chi connectivity index (χ2v) is 9.69. The van der Waals surface area contributed by atoms with Crippen LogP contribution in [0.3, 0.4) is 0 Å². The molecule has 2 aliphatic rings. The number of thiophene rings is 1. The second kappa shape index (κ2) is 9.34. The van der Waals surface area contributed by atoms with Gasteiger partial charge in [-0.2, -0.15) is 0 Å². The number of carbonyl (C=O) groups is 2. The van der Waals surface area contributed by atoms with E-state index in [9.17, 15) is 9.59 Å². The molecule has 30 heavy (non-hydrogen) atoms. The maximum atomic E-state index is 13.5. The Labute approximate surface area is 183 Å². The van der Waals surface area contributed by atoms with Gasteiger partial charge in [-0.15, -0.1) is 11.3 Å². The molecule has 0 radical (unpaired) electrons. The Hall–Kier alpha value is -2.14. The standard InChI is InChI=1S/C25H32N2O2S/c1-3-4-14-26(25(29)20-6-5-7-20)17-23(28)27-15-12-22-21(13-16-30-22)24(27)19-10-8-18(2)9-11-19/h8-11,13,16,20,24H,3-7,12,14-15,17H2,1-2H3/t24-/m1/s1. The first-order valence-corrected chi connectivity index (χ1v) is 12.2. The summed E-state index contributed by atoms with van der Waals surface area (Å²) in [6.07, 6.45) is 5.95. The largest absolute Gasteiger partial charge is 0.333 e. The molecule has 1 saturated carbocycles. The molecule has 0 spiro atoms. The average molecular weight is 425 g/mol. The number of unbranched alkanes of at least 4 members (excludes halogenated alkanes) is 1. The van der Waals surface area contributed by atoms with Crippen molar-refractivity contribution < 1.29 is 9.59 Å². The van der Waals surface area contributed by atoms with Crippen molar-refractivity contribution in [3.63, 3.8) is 0 Å². The molecule has 5 heteroatoms. The van der Waals surface area contributed by atoms with Crippen LogP contribution in [0.5, 0.6) is 0 Å². The predicted molar refractivity (Wildman–Crippen MR) is 122 cm³/mol. The molecule has 1 aromatic heterocycles. The van der Waals surface area contributed by atoms with Gasteiger partial charge in [0.25, 0.3) is 0 Å². The van der Waals surface area contributed by atoms with Crippen molar-refractivity contribution in [3.05, 3.63) is 57.3 Å². The smallest absolute Gasteiger partial charge is 0.242 e. The molecule has 1 aromatic carbocycles. The molecular weight excluding hydrogens is 392 g/mol. The van der Waals surface area contributed by atoms with Crippen molar-refractivity contribution in [2.75, 3.05) is 19.6 Å². The van der Waals surface area contributed by atoms with Crippen LogP contribution in [0, 0.1) is 12.8 Å². The molecule has 0 bridgehead atoms. The van der Waals surface area contributed by atoms with E-state index in [0.717, 1.165) is 44.1 Å². The zero-order valence-electron chi connectivity index (χ0n) is 18.1. The second-order valence-electron chi connectivity index (χ2n) is 8.69. The SMILES string of the molecule is CCCCN(CC(=O)N1CCc2sccc2[C@H]1c1ccc(C)cc1)C(=O)C1CCC1. The van der Waals surface area contributed by atoms with Crippen molar-refractivity contribution in [1.82, 2.24) is 9.80 Å². The lowest BCUT2D eigenvalue weighted by molar-refractivity contribution is -0.145. The Morgan fingerprint density at radius 1 is 1.17 bits per heavy atom. The van der Waals surface area contributed by atoms with Crippen LogP contribution in [0.4, 0.5) is 0 Å². The van der Waals surface area contributed by atoms with Crippen molar-refractivity contribution in [2.45, 2.75) is 58.4 Å². The summed E-state index contributed by atoms with van der Waals surface area (Å²) in [5, 5.41) is 2.13. The summed E-state index contributed by atoms with van der Waals surface area (Å²) in [4.78, 5) is 31.7. The van der Waals surface area contributed by atoms with E-state index in [0.29, 0.717) is 13.1 Å². The van der Waals surface area contributed by atoms with Gasteiger partial charge in [-0.05, 0) is 55.2 Å². The van der Waals surface area contributed by atoms with Gasteiger partial charge in [-0.25, -0.2) is 0 Å². The van der Waals surface area contributed by atoms with Gasteiger partial charge in [-0.1, -0.05) is 49.6 Å². The van der Waals surface area contributed by atoms with Crippen LogP contribution in [0.1, 0.15) is 66.6 Å². The highest BCUT2D eigenvalue weighted by Crippen LogP contribution is 2.38. The van der Waals surface area contributed by atoms with Gasteiger partial charge in [0.2, 0.25) is 11.8 Å². The highest BCUT2D eigenvalue weighted by molar-refractivity contribution is 7.10. The summed E-state index contributed by atoms with van der Waals surface area (Å²) in [5.41, 5.74) is 3.61. The molecule has 1 aliphatic carbocycles. The summed E-state index contributed by atoms with van der Waals surface area (Å²) >= 11 is 1.78. The Morgan fingerprint density at radius 3 is 2.60 bits per heavy atom. The van der Waals surface area contributed by atoms with E-state index in [1.165, 1.54) is 16.0 Å². The molecule has 1 fully saturated rings. The Morgan fingerprint density at radius 2 is 1.93 bits per heavy atom. The van der Waals surface area contributed by atoms with Gasteiger partial charge in [-0.3, -0.25) is 9.59 Å². The summed E-state index contributed by atoms with van der Waals surface area (Å²) in [6, 6.07) is 10.6. The third kappa shape index (κ3) is 4.31. The van der Waals surface area contributed by atoms with Gasteiger partial charge >= 0.3 is 0 Å². The predicted octanol–water partition coefficient (Wildman–Crippen LogP) is 4.96. The van der Waals surface area contributed by atoms with Crippen molar-refractivity contribution in [2.24, 2.45) is 5.92 Å². The molecule has 1 aliphatic heterocycles. The zero-order chi connectivity index (χ0) is 21.1. The molecule has 1 atom stereocenters. The lowest BCUT2D eigenvalue weighted by Gasteiger charge is -2.38. The fourth-order valence-corrected chi connectivity index (χ4v) is 5.38. The van der Waals surface area contributed by atoms with Crippen molar-refractivity contribution >= 4 is 23.2 Å². The molecular formula is C25H32N2O2S. The Kier molecular flexibility index (Phi) is 6.57. The first-order chi connectivity index (χ1) is 14.6. The number of hydrogen-bond donors (Lipinski definition) is 0. The first-order valence-electron chi connectivity index (χ1n) is 11.3. The summed E-state index contributed by atoms with van der Waals surface area (Å²) in [5.74, 6) is 0.386. The summed E-state index contributed by atoms with van der Waals surface area (Å²) < 4.78 is 0. The number of aryl methyl sites for hydroxylation is 1. The fraction of sp³-hybridized carbons (Fsp3) is 0.520. The number of carbonyl (C=O) groups excluding carboxylic acids is 2. The Balaban J connectivity index is 1.57. The molecule has 2 aromatic rings. The highest BCUT2D eigenvalue weighted by Gasteiger charge is 2.35. The van der Waals surface area contributed by atoms with Crippen LogP contribution in [0.2, 0.25) is 0 Å². The molecule has 160 valence electrons. The number of fused-ring (bicyclic) bond motifs is 1. The van der Waals surface area contributed by atoms with Gasteiger partial charge in [0.1, 0.15) is 0 Å². The van der Waals surface area contributed by atoms with E-state index in [1.807, 2.05) is 9.80 Å². The summed E-state index contributed by atoms with van der Waals surface area (Å²) in [6.45, 7) is 5.82. The normalized spacial score (nSPS) is 18.6. The van der Waals surface area contributed by atoms with E-state index < -0.39 is 0 Å². The number of amides is 2. The molecule has 0 N–H and O–H groups in total. The van der Waals surface area contributed by atoms with Gasteiger partial charge in [0, 0.05) is 23.9 Å². The average Bonchev–Trinajstić information content (AvgIpc) is 3.18. The zero-order valence-corrected chi connectivity index (χ0v) is 18.9. The third-order valence-electron chi connectivity index (χ3n) is 6.55. The third-order valence-corrected chi connectivity index (χ3v) is 7.55. The van der Waals surface area contributed by atoms with Gasteiger partial charge in [0.05, 0.1) is 12.6 Å². The molecule has 2 amide bonds. The minimum Gasteiger partial charge on any atom is -0.333 e. The van der Waals surface area contributed by atoms with Crippen LogP contribution < -0.4 is 0 Å². The van der Waals surface area contributed by atoms with Crippen molar-refractivity contribution in [1.29, 1.82) is 0 Å². The quantitative estimate of drug-likeness (QED) is 0.630. The van der Waals surface area contributed by atoms with Crippen LogP contribution >= 0.6 is 11.3 Å². The monoisotopic (exact) mass is 424 g/mol. The van der Waals surface area contributed by atoms with Gasteiger partial charge < -0.3 is 9.80 Å². The number of benzene rings is 1. The van der Waals surface area contributed by atoms with E-state index in [1.54, 1.807) is 11.3 Å². The summed E-state index contributed by atoms with van der Waals surface area (Å²) in [7, 11) is 0. The molecule has 4 rings (SSSR count). The number of nitrogens with zero attached hydrogens (tertiary/aromatic N) is 2. The molecule has 4 nitrogen and oxygen atoms in total. The van der Waals surface area contributed by atoms with E-state index in [4.69, 9.17) is 0 Å². The van der Waals surface area contributed by atoms with Crippen LogP contribution in [-0.4, -0.2) is 41.2 Å². The molecule has 0 saturated heterocycles. The topological polar surface area (TPSA) is 40.6 Å². The number of hydrogen-bond acceptors (Lipinski definition) is 3. The number of rotatable bonds is 7. The van der Waals surface area contributed by atoms with Crippen LogP contribution in [0.15, 0.2) is 35.7 Å². The lowest BCUT2D eigenvalue weighted by Crippen LogP contribution is -2.48. The minimum absolute atomic E-state index is 0.0556. The molecule has 2 heterocycles. The maximum Gasteiger partial charge on any atom is 0.242 e. The van der Waals surface area contributed by atoms with E-state index in [-0.39, 0.29) is 30.3 Å². The van der Waals surface area contributed by atoms with E-state index >= 15 is 0 Å². The fourth-order valence-electron chi connectivity index (χ4n) is 4.48. The molecule has 0 unspecified atom stereocenters. The van der Waals surface area contributed by atoms with Gasteiger partial charge in [0.15, 0.2) is 0 Å². The van der Waals surface area contributed by atoms with Crippen LogP contribution in [0.25, 0.3) is 0 Å². The highest BCUT2D eigenvalue weighted by atomic mass is 32.1. The Bertz CT molecular complexity index is 885. The van der Waals surface area contributed by atoms with Crippen LogP contribution in [-0.2, 0) is 16.0 Å². The minimum atomic E-state index is -0.0556. The maximum absolute atomic E-state index is 13.5. The first kappa shape index (κ1) is 21.1. The lowest BCUT2D eigenvalue weighted by atomic mass is 9.84. The van der Waals surface area contributed by atoms with E-state index in [2.05, 4.69) is 49.6 Å². The van der Waals surface area contributed by atoms with Crippen molar-refractivity contribution in [3.8, 4) is 0 Å².